The van der Waals surface area contributed by atoms with Crippen molar-refractivity contribution in [3.05, 3.63) is 53.1 Å². The van der Waals surface area contributed by atoms with Gasteiger partial charge in [0, 0.05) is 25.3 Å². The van der Waals surface area contributed by atoms with Crippen LogP contribution in [-0.4, -0.2) is 32.7 Å². The van der Waals surface area contributed by atoms with Gasteiger partial charge in [-0.15, -0.1) is 0 Å². The molecule has 0 aliphatic heterocycles. The second-order valence-corrected chi connectivity index (χ2v) is 7.56. The quantitative estimate of drug-likeness (QED) is 0.825. The Balaban J connectivity index is 2.19. The van der Waals surface area contributed by atoms with Crippen LogP contribution in [0.1, 0.15) is 10.4 Å². The average Bonchev–Trinajstić information content (AvgIpc) is 2.51. The van der Waals surface area contributed by atoms with Crippen LogP contribution < -0.4 is 11.1 Å². The standard InChI is InChI=1S/C15H16ClN3O3S/c1-19(2)23(21,22)12-6-3-10(4-7-12)15(20)18-11-5-8-13(16)14(17)9-11/h3-9H,17H2,1-2H3,(H,18,20). The lowest BCUT2D eigenvalue weighted by Gasteiger charge is -2.12. The van der Waals surface area contributed by atoms with Crippen LogP contribution >= 0.6 is 11.6 Å². The zero-order valence-corrected chi connectivity index (χ0v) is 14.1. The number of sulfonamides is 1. The molecular weight excluding hydrogens is 338 g/mol. The number of nitrogens with zero attached hydrogens (tertiary/aromatic N) is 1. The number of anilines is 2. The molecule has 8 heteroatoms. The Hall–Kier alpha value is -2.09. The molecule has 0 bridgehead atoms. The molecule has 122 valence electrons. The normalized spacial score (nSPS) is 11.5. The minimum Gasteiger partial charge on any atom is -0.397 e. The van der Waals surface area contributed by atoms with Gasteiger partial charge in [0.15, 0.2) is 0 Å². The van der Waals surface area contributed by atoms with Crippen LogP contribution in [0.5, 0.6) is 0 Å². The van der Waals surface area contributed by atoms with Crippen molar-refractivity contribution >= 4 is 38.9 Å². The maximum atomic E-state index is 12.2. The van der Waals surface area contributed by atoms with Gasteiger partial charge in [-0.3, -0.25) is 4.79 Å². The van der Waals surface area contributed by atoms with E-state index in [-0.39, 0.29) is 10.8 Å². The lowest BCUT2D eigenvalue weighted by Crippen LogP contribution is -2.22. The monoisotopic (exact) mass is 353 g/mol. The molecule has 0 heterocycles. The number of nitrogens with two attached hydrogens (primary N) is 1. The van der Waals surface area contributed by atoms with Crippen LogP contribution in [0.25, 0.3) is 0 Å². The molecule has 0 radical (unpaired) electrons. The number of amides is 1. The Kier molecular flexibility index (Phi) is 4.93. The zero-order valence-electron chi connectivity index (χ0n) is 12.6. The number of carbonyl (C=O) groups is 1. The third-order valence-electron chi connectivity index (χ3n) is 3.15. The first kappa shape index (κ1) is 17.3. The molecule has 6 nitrogen and oxygen atoms in total. The van der Waals surface area contributed by atoms with Gasteiger partial charge in [-0.05, 0) is 42.5 Å². The number of benzene rings is 2. The first-order valence-corrected chi connectivity index (χ1v) is 8.42. The number of hydrogen-bond acceptors (Lipinski definition) is 4. The van der Waals surface area contributed by atoms with Crippen LogP contribution in [0, 0.1) is 0 Å². The van der Waals surface area contributed by atoms with Gasteiger partial charge in [0.05, 0.1) is 15.6 Å². The lowest BCUT2D eigenvalue weighted by molar-refractivity contribution is 0.102. The van der Waals surface area contributed by atoms with Crippen LogP contribution in [0.4, 0.5) is 11.4 Å². The van der Waals surface area contributed by atoms with Crippen molar-refractivity contribution < 1.29 is 13.2 Å². The van der Waals surface area contributed by atoms with Gasteiger partial charge < -0.3 is 11.1 Å². The molecule has 2 aromatic rings. The molecule has 0 fully saturated rings. The van der Waals surface area contributed by atoms with Gasteiger partial charge in [0.2, 0.25) is 10.0 Å². The van der Waals surface area contributed by atoms with E-state index in [0.717, 1.165) is 4.31 Å². The molecule has 0 saturated heterocycles. The second kappa shape index (κ2) is 6.57. The van der Waals surface area contributed by atoms with Crippen molar-refractivity contribution in [1.29, 1.82) is 0 Å². The third-order valence-corrected chi connectivity index (χ3v) is 5.32. The summed E-state index contributed by atoms with van der Waals surface area (Å²) in [7, 11) is -0.628. The molecule has 0 aromatic heterocycles. The van der Waals surface area contributed by atoms with Crippen molar-refractivity contribution in [2.75, 3.05) is 25.1 Å². The molecule has 1 amide bonds. The molecule has 3 N–H and O–H groups in total. The van der Waals surface area contributed by atoms with Crippen LogP contribution in [0.3, 0.4) is 0 Å². The highest BCUT2D eigenvalue weighted by Gasteiger charge is 2.17. The summed E-state index contributed by atoms with van der Waals surface area (Å²) in [5, 5.41) is 3.07. The van der Waals surface area contributed by atoms with Crippen molar-refractivity contribution in [3.8, 4) is 0 Å². The largest absolute Gasteiger partial charge is 0.397 e. The van der Waals surface area contributed by atoms with E-state index < -0.39 is 10.0 Å². The maximum Gasteiger partial charge on any atom is 0.255 e. The van der Waals surface area contributed by atoms with E-state index in [2.05, 4.69) is 5.32 Å². The van der Waals surface area contributed by atoms with Crippen molar-refractivity contribution in [2.24, 2.45) is 0 Å². The Morgan fingerprint density at radius 2 is 1.74 bits per heavy atom. The summed E-state index contributed by atoms with van der Waals surface area (Å²) in [5.74, 6) is -0.375. The number of hydrogen-bond donors (Lipinski definition) is 2. The van der Waals surface area contributed by atoms with E-state index in [1.54, 1.807) is 18.2 Å². The molecule has 0 unspecified atom stereocenters. The summed E-state index contributed by atoms with van der Waals surface area (Å²) in [5.41, 5.74) is 6.87. The van der Waals surface area contributed by atoms with Crippen molar-refractivity contribution in [1.82, 2.24) is 4.31 Å². The van der Waals surface area contributed by atoms with Gasteiger partial charge in [0.25, 0.3) is 5.91 Å². The molecule has 0 aliphatic carbocycles. The van der Waals surface area contributed by atoms with Crippen LogP contribution in [0.15, 0.2) is 47.4 Å². The van der Waals surface area contributed by atoms with E-state index in [1.807, 2.05) is 0 Å². The zero-order chi connectivity index (χ0) is 17.2. The predicted molar refractivity (Wildman–Crippen MR) is 91.1 cm³/mol. The summed E-state index contributed by atoms with van der Waals surface area (Å²) in [6.45, 7) is 0. The number of nitrogens with one attached hydrogen (secondary N) is 1. The first-order valence-electron chi connectivity index (χ1n) is 6.61. The highest BCUT2D eigenvalue weighted by Crippen LogP contribution is 2.23. The van der Waals surface area contributed by atoms with Crippen LogP contribution in [0.2, 0.25) is 5.02 Å². The topological polar surface area (TPSA) is 92.5 Å². The molecule has 2 aromatic carbocycles. The van der Waals surface area contributed by atoms with E-state index in [9.17, 15) is 13.2 Å². The summed E-state index contributed by atoms with van der Waals surface area (Å²) >= 11 is 5.82. The number of carbonyl (C=O) groups excluding carboxylic acids is 1. The lowest BCUT2D eigenvalue weighted by atomic mass is 10.2. The SMILES string of the molecule is CN(C)S(=O)(=O)c1ccc(C(=O)Nc2ccc(Cl)c(N)c2)cc1. The summed E-state index contributed by atoms with van der Waals surface area (Å²) < 4.78 is 25.1. The van der Waals surface area contributed by atoms with Gasteiger partial charge in [-0.2, -0.15) is 0 Å². The average molecular weight is 354 g/mol. The Bertz CT molecular complexity index is 834. The fourth-order valence-corrected chi connectivity index (χ4v) is 2.83. The Labute approximate surface area is 139 Å². The van der Waals surface area contributed by atoms with E-state index in [4.69, 9.17) is 17.3 Å². The Morgan fingerprint density at radius 1 is 1.13 bits per heavy atom. The highest BCUT2D eigenvalue weighted by atomic mass is 35.5. The molecule has 0 saturated carbocycles. The summed E-state index contributed by atoms with van der Waals surface area (Å²) in [6, 6.07) is 10.4. The minimum absolute atomic E-state index is 0.120. The fourth-order valence-electron chi connectivity index (χ4n) is 1.81. The fraction of sp³-hybridized carbons (Fsp3) is 0.133. The van der Waals surface area contributed by atoms with Gasteiger partial charge in [-0.1, -0.05) is 11.6 Å². The highest BCUT2D eigenvalue weighted by molar-refractivity contribution is 7.89. The van der Waals surface area contributed by atoms with Crippen molar-refractivity contribution in [2.45, 2.75) is 4.90 Å². The third kappa shape index (κ3) is 3.82. The van der Waals surface area contributed by atoms with E-state index >= 15 is 0 Å². The van der Waals surface area contributed by atoms with Crippen LogP contribution in [-0.2, 0) is 10.0 Å². The van der Waals surface area contributed by atoms with E-state index in [0.29, 0.717) is 22.0 Å². The first-order chi connectivity index (χ1) is 10.7. The molecule has 2 rings (SSSR count). The van der Waals surface area contributed by atoms with Gasteiger partial charge in [-0.25, -0.2) is 12.7 Å². The van der Waals surface area contributed by atoms with Gasteiger partial charge >= 0.3 is 0 Å². The number of rotatable bonds is 4. The molecule has 0 atom stereocenters. The van der Waals surface area contributed by atoms with Gasteiger partial charge in [0.1, 0.15) is 0 Å². The second-order valence-electron chi connectivity index (χ2n) is 5.00. The molecule has 23 heavy (non-hydrogen) atoms. The number of halogens is 1. The molecule has 0 spiro atoms. The summed E-state index contributed by atoms with van der Waals surface area (Å²) in [4.78, 5) is 12.3. The smallest absolute Gasteiger partial charge is 0.255 e. The predicted octanol–water partition coefficient (Wildman–Crippen LogP) is 2.42. The van der Waals surface area contributed by atoms with E-state index in [1.165, 1.54) is 38.4 Å². The maximum absolute atomic E-state index is 12.2. The molecule has 0 aliphatic rings. The minimum atomic E-state index is -3.52. The molecular formula is C15H16ClN3O3S. The Morgan fingerprint density at radius 3 is 2.26 bits per heavy atom. The van der Waals surface area contributed by atoms with Crippen molar-refractivity contribution in [3.63, 3.8) is 0 Å². The number of nitrogen functional groups attached to an aromatic ring is 1. The summed E-state index contributed by atoms with van der Waals surface area (Å²) in [6.07, 6.45) is 0.